The van der Waals surface area contributed by atoms with Crippen LogP contribution in [0.5, 0.6) is 0 Å². The maximum Gasteiger partial charge on any atom is 0.0814 e. The van der Waals surface area contributed by atoms with Crippen LogP contribution in [0.15, 0.2) is 46.2 Å². The predicted octanol–water partition coefficient (Wildman–Crippen LogP) is 3.71. The summed E-state index contributed by atoms with van der Waals surface area (Å²) in [4.78, 5) is 2.00. The van der Waals surface area contributed by atoms with Crippen LogP contribution in [0.25, 0.3) is 16.8 Å². The highest BCUT2D eigenvalue weighted by molar-refractivity contribution is 7.89. The number of rotatable bonds is 1. The maximum absolute atomic E-state index is 12.1. The third-order valence-electron chi connectivity index (χ3n) is 3.02. The summed E-state index contributed by atoms with van der Waals surface area (Å²) in [5.74, 6) is 0. The van der Waals surface area contributed by atoms with E-state index in [-0.39, 0.29) is 0 Å². The number of hydrogen-bond donors (Lipinski definition) is 0. The number of hydrogen-bond acceptors (Lipinski definition) is 1. The fourth-order valence-corrected chi connectivity index (χ4v) is 3.50. The van der Waals surface area contributed by atoms with Gasteiger partial charge >= 0.3 is 0 Å². The summed E-state index contributed by atoms with van der Waals surface area (Å²) >= 11 is 0. The molecule has 1 aliphatic heterocycles. The third kappa shape index (κ3) is 1.26. The van der Waals surface area contributed by atoms with Crippen molar-refractivity contribution in [2.75, 3.05) is 0 Å². The van der Waals surface area contributed by atoms with E-state index in [1.165, 1.54) is 10.8 Å². The monoisotopic (exact) mass is 228 g/mol. The van der Waals surface area contributed by atoms with E-state index in [2.05, 4.69) is 31.2 Å². The van der Waals surface area contributed by atoms with Gasteiger partial charge < -0.3 is 0 Å². The fraction of sp³-hybridized carbons (Fsp3) is 0.143. The first-order chi connectivity index (χ1) is 7.81. The minimum absolute atomic E-state index is 0.857. The van der Waals surface area contributed by atoms with Gasteiger partial charge in [0.1, 0.15) is 0 Å². The van der Waals surface area contributed by atoms with Crippen molar-refractivity contribution in [3.8, 4) is 0 Å². The molecule has 1 unspecified atom stereocenters. The Balaban J connectivity index is 2.37. The summed E-state index contributed by atoms with van der Waals surface area (Å²) in [6.07, 6.45) is 2.95. The molecule has 0 radical (unpaired) electrons. The topological polar surface area (TPSA) is 17.1 Å². The Hall–Kier alpha value is -1.41. The predicted molar refractivity (Wildman–Crippen MR) is 68.6 cm³/mol. The van der Waals surface area contributed by atoms with E-state index < -0.39 is 10.8 Å². The molecule has 0 aliphatic carbocycles. The Bertz CT molecular complexity index is 626. The molecule has 80 valence electrons. The quantitative estimate of drug-likeness (QED) is 0.727. The van der Waals surface area contributed by atoms with Crippen molar-refractivity contribution in [3.63, 3.8) is 0 Å². The number of allylic oxidation sites excluding steroid dienone is 1. The Morgan fingerprint density at radius 3 is 2.75 bits per heavy atom. The first-order valence-corrected chi connectivity index (χ1v) is 6.60. The Labute approximate surface area is 97.3 Å². The molecule has 1 nitrogen and oxygen atoms in total. The molecule has 0 saturated carbocycles. The zero-order chi connectivity index (χ0) is 11.1. The van der Waals surface area contributed by atoms with Crippen molar-refractivity contribution in [2.45, 2.75) is 18.2 Å². The van der Waals surface area contributed by atoms with Crippen LogP contribution in [0.4, 0.5) is 0 Å². The lowest BCUT2D eigenvalue weighted by Crippen LogP contribution is -1.89. The van der Waals surface area contributed by atoms with Crippen molar-refractivity contribution >= 4 is 27.6 Å². The molecular formula is C14H12OS. The largest absolute Gasteiger partial charge is 0.249 e. The van der Waals surface area contributed by atoms with E-state index in [1.54, 1.807) is 0 Å². The van der Waals surface area contributed by atoms with Crippen LogP contribution in [-0.4, -0.2) is 4.21 Å². The Morgan fingerprint density at radius 2 is 1.94 bits per heavy atom. The molecule has 0 fully saturated rings. The smallest absolute Gasteiger partial charge is 0.0814 e. The van der Waals surface area contributed by atoms with Gasteiger partial charge in [-0.2, -0.15) is 0 Å². The van der Waals surface area contributed by atoms with Gasteiger partial charge in [0.25, 0.3) is 0 Å². The van der Waals surface area contributed by atoms with E-state index in [0.717, 1.165) is 21.8 Å². The average Bonchev–Trinajstić information content (AvgIpc) is 2.67. The Morgan fingerprint density at radius 1 is 1.12 bits per heavy atom. The van der Waals surface area contributed by atoms with Crippen molar-refractivity contribution in [2.24, 2.45) is 0 Å². The highest BCUT2D eigenvalue weighted by Crippen LogP contribution is 2.35. The van der Waals surface area contributed by atoms with Gasteiger partial charge in [-0.3, -0.25) is 0 Å². The lowest BCUT2D eigenvalue weighted by molar-refractivity contribution is 0.687. The zero-order valence-corrected chi connectivity index (χ0v) is 9.88. The van der Waals surface area contributed by atoms with Crippen LogP contribution in [0.2, 0.25) is 0 Å². The summed E-state index contributed by atoms with van der Waals surface area (Å²) in [6, 6.07) is 12.3. The summed E-state index contributed by atoms with van der Waals surface area (Å²) in [5, 5.41) is 2.42. The second-order valence-corrected chi connectivity index (χ2v) is 5.43. The van der Waals surface area contributed by atoms with Gasteiger partial charge in [-0.1, -0.05) is 37.3 Å². The van der Waals surface area contributed by atoms with E-state index >= 15 is 0 Å². The molecule has 3 rings (SSSR count). The van der Waals surface area contributed by atoms with Crippen molar-refractivity contribution in [1.29, 1.82) is 0 Å². The van der Waals surface area contributed by atoms with E-state index in [1.807, 2.05) is 18.2 Å². The molecule has 0 N–H and O–H groups in total. The van der Waals surface area contributed by atoms with Gasteiger partial charge in [0.15, 0.2) is 0 Å². The van der Waals surface area contributed by atoms with Crippen molar-refractivity contribution in [1.82, 2.24) is 0 Å². The molecule has 2 heteroatoms. The minimum atomic E-state index is -0.931. The summed E-state index contributed by atoms with van der Waals surface area (Å²) < 4.78 is 12.1. The zero-order valence-electron chi connectivity index (χ0n) is 9.07. The molecular weight excluding hydrogens is 216 g/mol. The second kappa shape index (κ2) is 3.56. The molecule has 2 aromatic carbocycles. The van der Waals surface area contributed by atoms with Crippen LogP contribution in [-0.2, 0) is 10.8 Å². The molecule has 0 aromatic heterocycles. The van der Waals surface area contributed by atoms with Gasteiger partial charge in [-0.05, 0) is 34.9 Å². The van der Waals surface area contributed by atoms with Crippen LogP contribution < -0.4 is 0 Å². The lowest BCUT2D eigenvalue weighted by Gasteiger charge is -2.03. The summed E-state index contributed by atoms with van der Waals surface area (Å²) in [6.45, 7) is 2.05. The van der Waals surface area contributed by atoms with Crippen LogP contribution in [0, 0.1) is 0 Å². The van der Waals surface area contributed by atoms with Crippen LogP contribution in [0.3, 0.4) is 0 Å². The lowest BCUT2D eigenvalue weighted by atomic mass is 10.0. The summed E-state index contributed by atoms with van der Waals surface area (Å²) in [5.41, 5.74) is 1.15. The average molecular weight is 228 g/mol. The van der Waals surface area contributed by atoms with Crippen LogP contribution >= 0.6 is 0 Å². The molecule has 0 saturated heterocycles. The van der Waals surface area contributed by atoms with Crippen LogP contribution in [0.1, 0.15) is 18.9 Å². The van der Waals surface area contributed by atoms with Crippen molar-refractivity contribution in [3.05, 3.63) is 46.9 Å². The standard InChI is InChI=1S/C14H12OS/c1-2-11-9-13-12-6-4-3-5-10(12)7-8-14(13)16(11)15/h3-9H,2H2,1H3. The first-order valence-electron chi connectivity index (χ1n) is 5.45. The van der Waals surface area contributed by atoms with E-state index in [9.17, 15) is 4.21 Å². The van der Waals surface area contributed by atoms with E-state index in [0.29, 0.717) is 0 Å². The maximum atomic E-state index is 12.1. The minimum Gasteiger partial charge on any atom is -0.249 e. The summed E-state index contributed by atoms with van der Waals surface area (Å²) in [7, 11) is -0.931. The van der Waals surface area contributed by atoms with E-state index in [4.69, 9.17) is 0 Å². The van der Waals surface area contributed by atoms with Gasteiger partial charge in [-0.25, -0.2) is 4.21 Å². The Kier molecular flexibility index (Phi) is 2.18. The van der Waals surface area contributed by atoms with Gasteiger partial charge in [0, 0.05) is 4.91 Å². The normalized spacial score (nSPS) is 18.6. The highest BCUT2D eigenvalue weighted by atomic mass is 32.2. The first kappa shape index (κ1) is 9.79. The van der Waals surface area contributed by atoms with Gasteiger partial charge in [0.2, 0.25) is 0 Å². The molecule has 0 bridgehead atoms. The van der Waals surface area contributed by atoms with Crippen molar-refractivity contribution < 1.29 is 4.21 Å². The molecule has 0 spiro atoms. The second-order valence-electron chi connectivity index (χ2n) is 3.93. The third-order valence-corrected chi connectivity index (χ3v) is 4.66. The molecule has 0 amide bonds. The number of benzene rings is 2. The molecule has 2 aromatic rings. The number of fused-ring (bicyclic) bond motifs is 3. The fourth-order valence-electron chi connectivity index (χ4n) is 2.18. The molecule has 1 heterocycles. The van der Waals surface area contributed by atoms with Gasteiger partial charge in [-0.15, -0.1) is 0 Å². The molecule has 1 aliphatic rings. The molecule has 16 heavy (non-hydrogen) atoms. The highest BCUT2D eigenvalue weighted by Gasteiger charge is 2.21. The SMILES string of the molecule is CCC1=Cc2c(ccc3ccccc23)S1=O. The van der Waals surface area contributed by atoms with Gasteiger partial charge in [0.05, 0.1) is 15.7 Å². The molecule has 1 atom stereocenters.